The summed E-state index contributed by atoms with van der Waals surface area (Å²) in [4.78, 5) is 3.93. The molecule has 1 saturated heterocycles. The molecule has 0 aliphatic carbocycles. The first-order valence-electron chi connectivity index (χ1n) is 5.81. The van der Waals surface area contributed by atoms with Gasteiger partial charge < -0.3 is 10.1 Å². The van der Waals surface area contributed by atoms with Crippen LogP contribution in [-0.4, -0.2) is 24.2 Å². The van der Waals surface area contributed by atoms with Gasteiger partial charge in [-0.15, -0.1) is 0 Å². The van der Waals surface area contributed by atoms with Gasteiger partial charge in [-0.3, -0.25) is 0 Å². The zero-order chi connectivity index (χ0) is 11.2. The lowest BCUT2D eigenvalue weighted by Gasteiger charge is -2.22. The molecule has 16 heavy (non-hydrogen) atoms. The number of ether oxygens (including phenoxy) is 1. The first kappa shape index (κ1) is 11.3. The molecule has 3 nitrogen and oxygen atoms in total. The summed E-state index contributed by atoms with van der Waals surface area (Å²) in [5.74, 6) is 0.415. The van der Waals surface area contributed by atoms with Gasteiger partial charge in [0.05, 0.1) is 12.3 Å². The summed E-state index contributed by atoms with van der Waals surface area (Å²) in [5.41, 5.74) is 0. The maximum Gasteiger partial charge on any atom is 0.141 e. The minimum absolute atomic E-state index is 0.304. The molecule has 1 aromatic heterocycles. The van der Waals surface area contributed by atoms with Crippen LogP contribution in [0.25, 0.3) is 0 Å². The number of nitrogens with one attached hydrogen (secondary N) is 1. The molecule has 0 radical (unpaired) electrons. The SMILES string of the molecule is Fc1ccc(NCCC2CCCCO2)nc1. The molecule has 1 atom stereocenters. The Labute approximate surface area is 95.0 Å². The summed E-state index contributed by atoms with van der Waals surface area (Å²) in [6.45, 7) is 1.71. The van der Waals surface area contributed by atoms with E-state index >= 15 is 0 Å². The van der Waals surface area contributed by atoms with E-state index in [0.717, 1.165) is 31.8 Å². The number of pyridine rings is 1. The molecule has 0 aromatic carbocycles. The first-order valence-corrected chi connectivity index (χ1v) is 5.81. The topological polar surface area (TPSA) is 34.1 Å². The molecule has 0 bridgehead atoms. The minimum Gasteiger partial charge on any atom is -0.378 e. The molecule has 88 valence electrons. The van der Waals surface area contributed by atoms with Crippen LogP contribution in [0.1, 0.15) is 25.7 Å². The molecule has 1 fully saturated rings. The predicted octanol–water partition coefficient (Wildman–Crippen LogP) is 2.59. The van der Waals surface area contributed by atoms with Gasteiger partial charge >= 0.3 is 0 Å². The second kappa shape index (κ2) is 5.80. The number of halogens is 1. The van der Waals surface area contributed by atoms with E-state index in [2.05, 4.69) is 10.3 Å². The van der Waals surface area contributed by atoms with Gasteiger partial charge in [-0.25, -0.2) is 9.37 Å². The molecule has 0 saturated carbocycles. The highest BCUT2D eigenvalue weighted by Crippen LogP contribution is 2.15. The Hall–Kier alpha value is -1.16. The Morgan fingerprint density at radius 2 is 2.38 bits per heavy atom. The third kappa shape index (κ3) is 3.45. The Morgan fingerprint density at radius 1 is 1.44 bits per heavy atom. The van der Waals surface area contributed by atoms with Crippen LogP contribution < -0.4 is 5.32 Å². The van der Waals surface area contributed by atoms with E-state index in [9.17, 15) is 4.39 Å². The number of rotatable bonds is 4. The number of hydrogen-bond acceptors (Lipinski definition) is 3. The lowest BCUT2D eigenvalue weighted by atomic mass is 10.1. The third-order valence-corrected chi connectivity index (χ3v) is 2.77. The number of nitrogens with zero attached hydrogens (tertiary/aromatic N) is 1. The Morgan fingerprint density at radius 3 is 3.06 bits per heavy atom. The fourth-order valence-electron chi connectivity index (χ4n) is 1.88. The van der Waals surface area contributed by atoms with Crippen molar-refractivity contribution >= 4 is 5.82 Å². The molecule has 0 amide bonds. The van der Waals surface area contributed by atoms with Crippen LogP contribution in [0.5, 0.6) is 0 Å². The number of aromatic nitrogens is 1. The Balaban J connectivity index is 1.69. The van der Waals surface area contributed by atoms with Gasteiger partial charge in [0.25, 0.3) is 0 Å². The van der Waals surface area contributed by atoms with Crippen LogP contribution in [0.15, 0.2) is 18.3 Å². The second-order valence-electron chi connectivity index (χ2n) is 4.07. The predicted molar refractivity (Wildman–Crippen MR) is 60.9 cm³/mol. The van der Waals surface area contributed by atoms with Crippen molar-refractivity contribution in [2.24, 2.45) is 0 Å². The van der Waals surface area contributed by atoms with E-state index in [1.54, 1.807) is 6.07 Å². The van der Waals surface area contributed by atoms with Gasteiger partial charge in [0.1, 0.15) is 11.6 Å². The summed E-state index contributed by atoms with van der Waals surface area (Å²) in [5, 5.41) is 3.16. The van der Waals surface area contributed by atoms with Gasteiger partial charge in [0.2, 0.25) is 0 Å². The van der Waals surface area contributed by atoms with Gasteiger partial charge in [-0.05, 0) is 37.8 Å². The second-order valence-corrected chi connectivity index (χ2v) is 4.07. The van der Waals surface area contributed by atoms with Crippen molar-refractivity contribution in [3.8, 4) is 0 Å². The summed E-state index contributed by atoms with van der Waals surface area (Å²) in [6, 6.07) is 3.06. The maximum absolute atomic E-state index is 12.6. The lowest BCUT2D eigenvalue weighted by Crippen LogP contribution is -2.22. The molecular formula is C12H17FN2O. The molecule has 1 N–H and O–H groups in total. The van der Waals surface area contributed by atoms with Crippen LogP contribution in [0, 0.1) is 5.82 Å². The highest BCUT2D eigenvalue weighted by atomic mass is 19.1. The van der Waals surface area contributed by atoms with Crippen LogP contribution in [0.2, 0.25) is 0 Å². The molecule has 2 heterocycles. The van der Waals surface area contributed by atoms with Crippen LogP contribution in [-0.2, 0) is 4.74 Å². The van der Waals surface area contributed by atoms with Crippen molar-refractivity contribution in [3.05, 3.63) is 24.1 Å². The molecule has 2 rings (SSSR count). The molecule has 1 unspecified atom stereocenters. The summed E-state index contributed by atoms with van der Waals surface area (Å²) in [6.07, 6.45) is 6.18. The molecule has 0 spiro atoms. The van der Waals surface area contributed by atoms with E-state index in [-0.39, 0.29) is 5.82 Å². The first-order chi connectivity index (χ1) is 7.84. The quantitative estimate of drug-likeness (QED) is 0.853. The Kier molecular flexibility index (Phi) is 4.10. The maximum atomic E-state index is 12.6. The fraction of sp³-hybridized carbons (Fsp3) is 0.583. The zero-order valence-corrected chi connectivity index (χ0v) is 9.29. The van der Waals surface area contributed by atoms with Crippen LogP contribution in [0.4, 0.5) is 10.2 Å². The highest BCUT2D eigenvalue weighted by molar-refractivity contribution is 5.33. The van der Waals surface area contributed by atoms with Gasteiger partial charge in [0.15, 0.2) is 0 Å². The van der Waals surface area contributed by atoms with Crippen molar-refractivity contribution in [3.63, 3.8) is 0 Å². The smallest absolute Gasteiger partial charge is 0.141 e. The average molecular weight is 224 g/mol. The van der Waals surface area contributed by atoms with Gasteiger partial charge in [-0.1, -0.05) is 0 Å². The highest BCUT2D eigenvalue weighted by Gasteiger charge is 2.12. The minimum atomic E-state index is -0.304. The normalized spacial score (nSPS) is 20.7. The standard InChI is InChI=1S/C12H17FN2O/c13-10-4-5-12(15-9-10)14-7-6-11-3-1-2-8-16-11/h4-5,9,11H,1-3,6-8H2,(H,14,15). The van der Waals surface area contributed by atoms with E-state index in [1.807, 2.05) is 0 Å². The van der Waals surface area contributed by atoms with Crippen molar-refractivity contribution in [1.29, 1.82) is 0 Å². The van der Waals surface area contributed by atoms with E-state index in [1.165, 1.54) is 25.1 Å². The fourth-order valence-corrected chi connectivity index (χ4v) is 1.88. The van der Waals surface area contributed by atoms with Crippen LogP contribution in [0.3, 0.4) is 0 Å². The molecule has 1 aliphatic rings. The molecule has 1 aliphatic heterocycles. The van der Waals surface area contributed by atoms with Gasteiger partial charge in [-0.2, -0.15) is 0 Å². The van der Waals surface area contributed by atoms with Crippen molar-refractivity contribution in [1.82, 2.24) is 4.98 Å². The molecule has 4 heteroatoms. The summed E-state index contributed by atoms with van der Waals surface area (Å²) < 4.78 is 18.2. The summed E-state index contributed by atoms with van der Waals surface area (Å²) >= 11 is 0. The van der Waals surface area contributed by atoms with Crippen molar-refractivity contribution in [2.45, 2.75) is 31.8 Å². The lowest BCUT2D eigenvalue weighted by molar-refractivity contribution is 0.0134. The van der Waals surface area contributed by atoms with E-state index < -0.39 is 0 Å². The average Bonchev–Trinajstić information content (AvgIpc) is 2.33. The zero-order valence-electron chi connectivity index (χ0n) is 9.29. The van der Waals surface area contributed by atoms with E-state index in [0.29, 0.717) is 6.10 Å². The largest absolute Gasteiger partial charge is 0.378 e. The number of anilines is 1. The molecular weight excluding hydrogens is 207 g/mol. The number of hydrogen-bond donors (Lipinski definition) is 1. The third-order valence-electron chi connectivity index (χ3n) is 2.77. The van der Waals surface area contributed by atoms with Crippen molar-refractivity contribution < 1.29 is 9.13 Å². The van der Waals surface area contributed by atoms with Crippen molar-refractivity contribution in [2.75, 3.05) is 18.5 Å². The van der Waals surface area contributed by atoms with E-state index in [4.69, 9.17) is 4.74 Å². The molecule has 1 aromatic rings. The Bertz CT molecular complexity index is 309. The summed E-state index contributed by atoms with van der Waals surface area (Å²) in [7, 11) is 0. The van der Waals surface area contributed by atoms with Crippen LogP contribution >= 0.6 is 0 Å². The van der Waals surface area contributed by atoms with Gasteiger partial charge in [0, 0.05) is 13.2 Å². The monoisotopic (exact) mass is 224 g/mol.